The van der Waals surface area contributed by atoms with E-state index in [0.29, 0.717) is 12.1 Å². The van der Waals surface area contributed by atoms with Crippen LogP contribution in [-0.2, 0) is 6.54 Å². The summed E-state index contributed by atoms with van der Waals surface area (Å²) in [7, 11) is 2.19. The molecule has 0 spiro atoms. The first-order chi connectivity index (χ1) is 7.97. The number of aryl methyl sites for hydroxylation is 3. The number of pyridine rings is 1. The Hall–Kier alpha value is -0.0600. The van der Waals surface area contributed by atoms with Gasteiger partial charge in [-0.2, -0.15) is 0 Å². The molecule has 1 saturated carbocycles. The normalized spacial score (nSPS) is 20.3. The molecular formula is C14H26Cl3N3. The van der Waals surface area contributed by atoms with Crippen molar-refractivity contribution in [3.05, 3.63) is 28.6 Å². The van der Waals surface area contributed by atoms with Crippen LogP contribution in [0.25, 0.3) is 0 Å². The molecule has 1 aliphatic rings. The zero-order chi connectivity index (χ0) is 12.6. The number of rotatable bonds is 3. The second-order valence-corrected chi connectivity index (χ2v) is 5.44. The Kier molecular flexibility index (Phi) is 10.1. The van der Waals surface area contributed by atoms with Crippen LogP contribution in [0.2, 0.25) is 0 Å². The van der Waals surface area contributed by atoms with Crippen molar-refractivity contribution in [2.24, 2.45) is 5.73 Å². The maximum absolute atomic E-state index is 5.84. The van der Waals surface area contributed by atoms with Gasteiger partial charge in [0, 0.05) is 30.0 Å². The molecule has 1 fully saturated rings. The lowest BCUT2D eigenvalue weighted by Crippen LogP contribution is -2.48. The molecule has 0 radical (unpaired) electrons. The van der Waals surface area contributed by atoms with Gasteiger partial charge in [0.05, 0.1) is 0 Å². The summed E-state index contributed by atoms with van der Waals surface area (Å²) in [6.07, 6.45) is 2.27. The topological polar surface area (TPSA) is 42.1 Å². The molecule has 0 saturated heterocycles. The van der Waals surface area contributed by atoms with Crippen LogP contribution in [0.3, 0.4) is 0 Å². The van der Waals surface area contributed by atoms with Crippen molar-refractivity contribution in [3.63, 3.8) is 0 Å². The molecule has 2 N–H and O–H groups in total. The van der Waals surface area contributed by atoms with E-state index >= 15 is 0 Å². The van der Waals surface area contributed by atoms with Crippen molar-refractivity contribution in [2.75, 3.05) is 7.05 Å². The third-order valence-electron chi connectivity index (χ3n) is 3.86. The third kappa shape index (κ3) is 5.05. The summed E-state index contributed by atoms with van der Waals surface area (Å²) in [6, 6.07) is 3.24. The lowest BCUT2D eigenvalue weighted by atomic mass is 9.86. The number of aromatic nitrogens is 1. The quantitative estimate of drug-likeness (QED) is 0.917. The van der Waals surface area contributed by atoms with E-state index in [2.05, 4.69) is 43.8 Å². The Labute approximate surface area is 140 Å². The molecule has 3 nitrogen and oxygen atoms in total. The van der Waals surface area contributed by atoms with E-state index in [1.807, 2.05) is 0 Å². The molecular weight excluding hydrogens is 317 g/mol. The highest BCUT2D eigenvalue weighted by Crippen LogP contribution is 2.25. The zero-order valence-electron chi connectivity index (χ0n) is 12.5. The van der Waals surface area contributed by atoms with Gasteiger partial charge in [0.2, 0.25) is 0 Å². The molecule has 1 aromatic rings. The second-order valence-electron chi connectivity index (χ2n) is 5.44. The van der Waals surface area contributed by atoms with Crippen LogP contribution < -0.4 is 5.73 Å². The van der Waals surface area contributed by atoms with E-state index < -0.39 is 0 Å². The van der Waals surface area contributed by atoms with Crippen molar-refractivity contribution in [2.45, 2.75) is 52.2 Å². The number of halogens is 3. The van der Waals surface area contributed by atoms with E-state index in [-0.39, 0.29) is 37.2 Å². The van der Waals surface area contributed by atoms with Crippen molar-refractivity contribution in [1.29, 1.82) is 0 Å². The first-order valence-corrected chi connectivity index (χ1v) is 6.37. The van der Waals surface area contributed by atoms with Gasteiger partial charge in [-0.25, -0.2) is 0 Å². The largest absolute Gasteiger partial charge is 0.328 e. The van der Waals surface area contributed by atoms with Gasteiger partial charge < -0.3 is 5.73 Å². The molecule has 0 atom stereocenters. The summed E-state index contributed by atoms with van der Waals surface area (Å²) in [6.45, 7) is 7.33. The van der Waals surface area contributed by atoms with Gasteiger partial charge in [-0.05, 0) is 57.9 Å². The summed E-state index contributed by atoms with van der Waals surface area (Å²) < 4.78 is 0. The molecule has 0 unspecified atom stereocenters. The van der Waals surface area contributed by atoms with Gasteiger partial charge in [0.15, 0.2) is 0 Å². The zero-order valence-corrected chi connectivity index (χ0v) is 15.0. The average molecular weight is 343 g/mol. The van der Waals surface area contributed by atoms with Crippen LogP contribution in [0.5, 0.6) is 0 Å². The first-order valence-electron chi connectivity index (χ1n) is 6.37. The molecule has 2 rings (SSSR count). The minimum atomic E-state index is 0. The molecule has 0 aliphatic heterocycles. The Bertz CT molecular complexity index is 397. The molecule has 0 bridgehead atoms. The number of hydrogen-bond acceptors (Lipinski definition) is 3. The maximum atomic E-state index is 5.84. The summed E-state index contributed by atoms with van der Waals surface area (Å²) in [5.74, 6) is 0. The molecule has 1 aliphatic carbocycles. The predicted molar refractivity (Wildman–Crippen MR) is 92.7 cm³/mol. The van der Waals surface area contributed by atoms with Gasteiger partial charge in [-0.3, -0.25) is 9.88 Å². The third-order valence-corrected chi connectivity index (χ3v) is 3.86. The van der Waals surface area contributed by atoms with Crippen molar-refractivity contribution in [3.8, 4) is 0 Å². The predicted octanol–water partition coefficient (Wildman–Crippen LogP) is 3.19. The smallest absolute Gasteiger partial charge is 0.0423 e. The Morgan fingerprint density at radius 1 is 1.20 bits per heavy atom. The molecule has 118 valence electrons. The van der Waals surface area contributed by atoms with Gasteiger partial charge >= 0.3 is 0 Å². The van der Waals surface area contributed by atoms with Crippen LogP contribution in [-0.4, -0.2) is 29.0 Å². The van der Waals surface area contributed by atoms with E-state index in [1.54, 1.807) is 0 Å². The van der Waals surface area contributed by atoms with Crippen LogP contribution in [0.15, 0.2) is 6.07 Å². The Balaban J connectivity index is 0. The lowest BCUT2D eigenvalue weighted by molar-refractivity contribution is 0.132. The standard InChI is InChI=1S/C14H23N3.3ClH/c1-9-5-10(2)16-11(3)14(9)8-17(4)13-6-12(15)7-13;;;/h5,12-13H,6-8,15H2,1-4H3;3*1H. The van der Waals surface area contributed by atoms with E-state index in [0.717, 1.165) is 30.8 Å². The SMILES string of the molecule is Cc1cc(C)c(CN(C)C2CC(N)C2)c(C)n1.Cl.Cl.Cl. The van der Waals surface area contributed by atoms with Gasteiger partial charge in [-0.1, -0.05) is 0 Å². The van der Waals surface area contributed by atoms with Gasteiger partial charge in [0.1, 0.15) is 0 Å². The summed E-state index contributed by atoms with van der Waals surface area (Å²) in [5.41, 5.74) is 10.8. The van der Waals surface area contributed by atoms with E-state index in [9.17, 15) is 0 Å². The highest BCUT2D eigenvalue weighted by molar-refractivity contribution is 5.86. The van der Waals surface area contributed by atoms with Gasteiger partial charge in [-0.15, -0.1) is 37.2 Å². The van der Waals surface area contributed by atoms with Crippen molar-refractivity contribution in [1.82, 2.24) is 9.88 Å². The average Bonchev–Trinajstić information content (AvgIpc) is 2.18. The van der Waals surface area contributed by atoms with Gasteiger partial charge in [0.25, 0.3) is 0 Å². The molecule has 1 heterocycles. The number of nitrogens with two attached hydrogens (primary N) is 1. The minimum absolute atomic E-state index is 0. The monoisotopic (exact) mass is 341 g/mol. The summed E-state index contributed by atoms with van der Waals surface area (Å²) in [5, 5.41) is 0. The fourth-order valence-corrected chi connectivity index (χ4v) is 2.66. The van der Waals surface area contributed by atoms with E-state index in [1.165, 1.54) is 11.1 Å². The maximum Gasteiger partial charge on any atom is 0.0423 e. The highest BCUT2D eigenvalue weighted by Gasteiger charge is 2.29. The Morgan fingerprint density at radius 2 is 1.75 bits per heavy atom. The van der Waals surface area contributed by atoms with Crippen molar-refractivity contribution >= 4 is 37.2 Å². The molecule has 0 aromatic carbocycles. The highest BCUT2D eigenvalue weighted by atomic mass is 35.5. The fraction of sp³-hybridized carbons (Fsp3) is 0.643. The first kappa shape index (κ1) is 22.2. The molecule has 20 heavy (non-hydrogen) atoms. The summed E-state index contributed by atoms with van der Waals surface area (Å²) >= 11 is 0. The summed E-state index contributed by atoms with van der Waals surface area (Å²) in [4.78, 5) is 6.97. The van der Waals surface area contributed by atoms with Crippen molar-refractivity contribution < 1.29 is 0 Å². The fourth-order valence-electron chi connectivity index (χ4n) is 2.66. The molecule has 1 aromatic heterocycles. The second kappa shape index (κ2) is 9.06. The van der Waals surface area contributed by atoms with Crippen LogP contribution >= 0.6 is 37.2 Å². The number of hydrogen-bond donors (Lipinski definition) is 1. The Morgan fingerprint density at radius 3 is 2.20 bits per heavy atom. The number of nitrogens with zero attached hydrogens (tertiary/aromatic N) is 2. The van der Waals surface area contributed by atoms with Crippen LogP contribution in [0, 0.1) is 20.8 Å². The van der Waals surface area contributed by atoms with E-state index in [4.69, 9.17) is 5.73 Å². The minimum Gasteiger partial charge on any atom is -0.328 e. The van der Waals surface area contributed by atoms with Crippen LogP contribution in [0.1, 0.15) is 35.4 Å². The molecule has 0 amide bonds. The lowest BCUT2D eigenvalue weighted by Gasteiger charge is -2.39. The molecule has 6 heteroatoms. The van der Waals surface area contributed by atoms with Crippen LogP contribution in [0.4, 0.5) is 0 Å².